The summed E-state index contributed by atoms with van der Waals surface area (Å²) in [5, 5.41) is 7.33. The third-order valence-corrected chi connectivity index (χ3v) is 4.11. The fraction of sp³-hybridized carbons (Fsp3) is 0.308. The monoisotopic (exact) mass is 297 g/mol. The summed E-state index contributed by atoms with van der Waals surface area (Å²) in [6, 6.07) is 6.43. The Hall–Kier alpha value is -2.04. The number of anilines is 1. The van der Waals surface area contributed by atoms with Crippen LogP contribution in [-0.4, -0.2) is 38.5 Å². The van der Waals surface area contributed by atoms with E-state index in [9.17, 15) is 13.2 Å². The molecule has 1 aromatic rings. The summed E-state index contributed by atoms with van der Waals surface area (Å²) in [6.07, 6.45) is 0. The van der Waals surface area contributed by atoms with E-state index in [1.54, 1.807) is 18.2 Å². The molecule has 1 atom stereocenters. The van der Waals surface area contributed by atoms with Gasteiger partial charge in [-0.2, -0.15) is 0 Å². The van der Waals surface area contributed by atoms with Crippen molar-refractivity contribution in [3.05, 3.63) is 29.8 Å². The molecule has 108 valence electrons. The molecular weight excluding hydrogens is 282 g/mol. The number of aliphatic hydroxyl groups excluding tert-OH is 1. The number of sulfonamides is 1. The molecule has 0 aliphatic rings. The van der Waals surface area contributed by atoms with Gasteiger partial charge in [-0.05, 0) is 19.1 Å². The van der Waals surface area contributed by atoms with Crippen molar-refractivity contribution < 1.29 is 23.1 Å². The van der Waals surface area contributed by atoms with Crippen LogP contribution < -0.4 is 4.72 Å². The lowest BCUT2D eigenvalue weighted by Crippen LogP contribution is -2.33. The molecule has 0 radical (unpaired) electrons. The maximum atomic E-state index is 12.0. The second kappa shape index (κ2) is 6.93. The average molecular weight is 297 g/mol. The number of hydrogen-bond donors (Lipinski definition) is 2. The molecule has 0 fully saturated rings. The zero-order valence-corrected chi connectivity index (χ0v) is 11.9. The molecular formula is C13H15NO5S. The highest BCUT2D eigenvalue weighted by Crippen LogP contribution is 2.17. The molecule has 20 heavy (non-hydrogen) atoms. The van der Waals surface area contributed by atoms with E-state index in [1.807, 2.05) is 0 Å². The number of carbonyl (C=O) groups excluding carboxylic acids is 1. The van der Waals surface area contributed by atoms with Gasteiger partial charge >= 0.3 is 5.97 Å². The Kier molecular flexibility index (Phi) is 5.55. The number of rotatable bonds is 4. The molecule has 0 saturated carbocycles. The highest BCUT2D eigenvalue weighted by molar-refractivity contribution is 7.94. The fourth-order valence-corrected chi connectivity index (χ4v) is 2.36. The number of para-hydroxylation sites is 1. The number of aliphatic hydroxyl groups is 1. The Balaban J connectivity index is 3.07. The minimum Gasteiger partial charge on any atom is -0.468 e. The van der Waals surface area contributed by atoms with Crippen molar-refractivity contribution >= 4 is 21.7 Å². The summed E-state index contributed by atoms with van der Waals surface area (Å²) >= 11 is 0. The van der Waals surface area contributed by atoms with E-state index >= 15 is 0 Å². The molecule has 0 aliphatic heterocycles. The van der Waals surface area contributed by atoms with Crippen molar-refractivity contribution in [2.45, 2.75) is 12.2 Å². The summed E-state index contributed by atoms with van der Waals surface area (Å²) in [7, 11) is -2.81. The van der Waals surface area contributed by atoms with Crippen LogP contribution in [0.5, 0.6) is 0 Å². The molecule has 0 amide bonds. The Morgan fingerprint density at radius 2 is 2.10 bits per heavy atom. The largest absolute Gasteiger partial charge is 0.468 e. The number of methoxy groups -OCH3 is 1. The molecule has 6 nitrogen and oxygen atoms in total. The minimum atomic E-state index is -3.93. The van der Waals surface area contributed by atoms with Crippen molar-refractivity contribution in [3.63, 3.8) is 0 Å². The molecule has 1 aromatic carbocycles. The third kappa shape index (κ3) is 3.98. The number of benzene rings is 1. The van der Waals surface area contributed by atoms with Gasteiger partial charge in [-0.15, -0.1) is 0 Å². The highest BCUT2D eigenvalue weighted by atomic mass is 32.2. The van der Waals surface area contributed by atoms with E-state index in [0.717, 1.165) is 7.11 Å². The summed E-state index contributed by atoms with van der Waals surface area (Å²) in [5.41, 5.74) is 0.645. The predicted molar refractivity (Wildman–Crippen MR) is 74.4 cm³/mol. The summed E-state index contributed by atoms with van der Waals surface area (Å²) < 4.78 is 30.7. The van der Waals surface area contributed by atoms with Crippen molar-refractivity contribution in [1.82, 2.24) is 0 Å². The lowest BCUT2D eigenvalue weighted by molar-refractivity contribution is -0.139. The van der Waals surface area contributed by atoms with Gasteiger partial charge in [0.25, 0.3) is 0 Å². The molecule has 0 aliphatic carbocycles. The number of esters is 1. The Morgan fingerprint density at radius 3 is 2.70 bits per heavy atom. The molecule has 0 bridgehead atoms. The standard InChI is InChI=1S/C13H15NO5S/c1-10(13(16)19-2)20(17,18)14-12-8-4-3-6-11(12)7-5-9-15/h3-4,6,8,10,14-15H,9H2,1-2H3. The van der Waals surface area contributed by atoms with E-state index in [4.69, 9.17) is 5.11 Å². The molecule has 0 heterocycles. The van der Waals surface area contributed by atoms with Gasteiger partial charge in [-0.3, -0.25) is 9.52 Å². The lowest BCUT2D eigenvalue weighted by Gasteiger charge is -2.13. The predicted octanol–water partition coefficient (Wildman–Crippen LogP) is 0.334. The molecule has 0 saturated heterocycles. The maximum Gasteiger partial charge on any atom is 0.325 e. The zero-order chi connectivity index (χ0) is 15.2. The van der Waals surface area contributed by atoms with E-state index in [0.29, 0.717) is 5.56 Å². The molecule has 0 aromatic heterocycles. The first-order chi connectivity index (χ1) is 9.42. The third-order valence-electron chi connectivity index (χ3n) is 2.48. The molecule has 1 unspecified atom stereocenters. The van der Waals surface area contributed by atoms with Crippen LogP contribution in [0.2, 0.25) is 0 Å². The van der Waals surface area contributed by atoms with Crippen molar-refractivity contribution in [2.75, 3.05) is 18.4 Å². The summed E-state index contributed by atoms with van der Waals surface area (Å²) in [5.74, 6) is 4.21. The number of ether oxygens (including phenoxy) is 1. The van der Waals surface area contributed by atoms with E-state index in [-0.39, 0.29) is 12.3 Å². The topological polar surface area (TPSA) is 92.7 Å². The van der Waals surface area contributed by atoms with Crippen LogP contribution >= 0.6 is 0 Å². The normalized spacial score (nSPS) is 11.9. The summed E-state index contributed by atoms with van der Waals surface area (Å²) in [4.78, 5) is 11.3. The minimum absolute atomic E-state index is 0.240. The Morgan fingerprint density at radius 1 is 1.45 bits per heavy atom. The van der Waals surface area contributed by atoms with Crippen LogP contribution in [0, 0.1) is 11.8 Å². The SMILES string of the molecule is COC(=O)C(C)S(=O)(=O)Nc1ccccc1C#CCO. The van der Waals surface area contributed by atoms with Crippen LogP contribution in [-0.2, 0) is 19.6 Å². The molecule has 2 N–H and O–H groups in total. The summed E-state index contributed by atoms with van der Waals surface area (Å²) in [6.45, 7) is 0.899. The fourth-order valence-electron chi connectivity index (χ4n) is 1.35. The first-order valence-electron chi connectivity index (χ1n) is 5.70. The van der Waals surface area contributed by atoms with Gasteiger partial charge in [-0.25, -0.2) is 8.42 Å². The van der Waals surface area contributed by atoms with Crippen LogP contribution in [0.25, 0.3) is 0 Å². The van der Waals surface area contributed by atoms with Gasteiger partial charge in [0.15, 0.2) is 5.25 Å². The van der Waals surface area contributed by atoms with Crippen molar-refractivity contribution in [1.29, 1.82) is 0 Å². The van der Waals surface area contributed by atoms with E-state index in [1.165, 1.54) is 13.0 Å². The van der Waals surface area contributed by atoms with Crippen molar-refractivity contribution in [2.24, 2.45) is 0 Å². The van der Waals surface area contributed by atoms with Gasteiger partial charge < -0.3 is 9.84 Å². The highest BCUT2D eigenvalue weighted by Gasteiger charge is 2.29. The Bertz CT molecular complexity index is 642. The lowest BCUT2D eigenvalue weighted by atomic mass is 10.2. The second-order valence-electron chi connectivity index (χ2n) is 3.82. The first-order valence-corrected chi connectivity index (χ1v) is 7.25. The van der Waals surface area contributed by atoms with Crippen LogP contribution in [0.15, 0.2) is 24.3 Å². The maximum absolute atomic E-state index is 12.0. The van der Waals surface area contributed by atoms with E-state index < -0.39 is 21.2 Å². The van der Waals surface area contributed by atoms with Gasteiger partial charge in [0.1, 0.15) is 6.61 Å². The van der Waals surface area contributed by atoms with Crippen LogP contribution in [0.4, 0.5) is 5.69 Å². The molecule has 7 heteroatoms. The van der Waals surface area contributed by atoms with Gasteiger partial charge in [0, 0.05) is 5.56 Å². The van der Waals surface area contributed by atoms with Crippen molar-refractivity contribution in [3.8, 4) is 11.8 Å². The van der Waals surface area contributed by atoms with Crippen LogP contribution in [0.1, 0.15) is 12.5 Å². The number of nitrogens with one attached hydrogen (secondary N) is 1. The number of hydrogen-bond acceptors (Lipinski definition) is 5. The van der Waals surface area contributed by atoms with Gasteiger partial charge in [-0.1, -0.05) is 24.0 Å². The van der Waals surface area contributed by atoms with Crippen LogP contribution in [0.3, 0.4) is 0 Å². The molecule has 0 spiro atoms. The average Bonchev–Trinajstić information content (AvgIpc) is 2.44. The second-order valence-corrected chi connectivity index (χ2v) is 5.82. The zero-order valence-electron chi connectivity index (χ0n) is 11.1. The smallest absolute Gasteiger partial charge is 0.325 e. The van der Waals surface area contributed by atoms with Gasteiger partial charge in [0.2, 0.25) is 10.0 Å². The Labute approximate surface area is 117 Å². The number of carbonyl (C=O) groups is 1. The van der Waals surface area contributed by atoms with E-state index in [2.05, 4.69) is 21.3 Å². The van der Waals surface area contributed by atoms with Gasteiger partial charge in [0.05, 0.1) is 12.8 Å². The molecule has 1 rings (SSSR count). The first kappa shape index (κ1) is 16.0. The quantitative estimate of drug-likeness (QED) is 0.617.